The van der Waals surface area contributed by atoms with E-state index < -0.39 is 18.0 Å². The summed E-state index contributed by atoms with van der Waals surface area (Å²) in [6.07, 6.45) is 1.34. The van der Waals surface area contributed by atoms with Crippen LogP contribution in [0.15, 0.2) is 0 Å². The van der Waals surface area contributed by atoms with E-state index in [2.05, 4.69) is 5.32 Å². The average Bonchev–Trinajstić information content (AvgIpc) is 2.15. The van der Waals surface area contributed by atoms with E-state index in [9.17, 15) is 4.79 Å². The molecular weight excluding hydrogens is 222 g/mol. The first-order valence-corrected chi connectivity index (χ1v) is 6.13. The monoisotopic (exact) mass is 245 g/mol. The van der Waals surface area contributed by atoms with Crippen molar-refractivity contribution in [2.24, 2.45) is 5.92 Å². The van der Waals surface area contributed by atoms with Crippen LogP contribution in [-0.2, 0) is 4.74 Å². The molecule has 0 atom stereocenters. The lowest BCUT2D eigenvalue weighted by Gasteiger charge is -2.30. The maximum atomic E-state index is 11.5. The third kappa shape index (κ3) is 5.37. The minimum Gasteiger partial charge on any atom is -0.444 e. The number of aliphatic hydroxyl groups is 2. The van der Waals surface area contributed by atoms with Crippen molar-refractivity contribution < 1.29 is 19.7 Å². The molecule has 0 unspecified atom stereocenters. The van der Waals surface area contributed by atoms with Gasteiger partial charge in [-0.2, -0.15) is 0 Å². The highest BCUT2D eigenvalue weighted by atomic mass is 16.6. The van der Waals surface area contributed by atoms with Gasteiger partial charge in [-0.15, -0.1) is 0 Å². The molecule has 0 saturated heterocycles. The summed E-state index contributed by atoms with van der Waals surface area (Å²) in [4.78, 5) is 11.5. The van der Waals surface area contributed by atoms with Gasteiger partial charge in [0.25, 0.3) is 0 Å². The van der Waals surface area contributed by atoms with E-state index in [1.165, 1.54) is 0 Å². The van der Waals surface area contributed by atoms with Crippen molar-refractivity contribution in [1.82, 2.24) is 5.32 Å². The lowest BCUT2D eigenvalue weighted by molar-refractivity contribution is -0.0941. The summed E-state index contributed by atoms with van der Waals surface area (Å²) >= 11 is 0. The molecule has 1 fully saturated rings. The number of carbonyl (C=O) groups excluding carboxylic acids is 1. The molecule has 0 aromatic rings. The summed E-state index contributed by atoms with van der Waals surface area (Å²) in [5, 5.41) is 20.9. The van der Waals surface area contributed by atoms with Gasteiger partial charge in [0.15, 0.2) is 6.29 Å². The van der Waals surface area contributed by atoms with E-state index in [4.69, 9.17) is 14.9 Å². The van der Waals surface area contributed by atoms with Crippen molar-refractivity contribution >= 4 is 6.09 Å². The van der Waals surface area contributed by atoms with Crippen LogP contribution in [0, 0.1) is 5.92 Å². The standard InChI is InChI=1S/C12H23NO4/c1-12(2,3)17-11(16)13-9-6-4-8(5-7-9)10(14)15/h8-10,14-15H,4-7H2,1-3H3,(H,13,16). The molecule has 17 heavy (non-hydrogen) atoms. The van der Waals surface area contributed by atoms with Crippen LogP contribution in [0.25, 0.3) is 0 Å². The van der Waals surface area contributed by atoms with Crippen LogP contribution in [0.1, 0.15) is 46.5 Å². The third-order valence-corrected chi connectivity index (χ3v) is 2.91. The Morgan fingerprint density at radius 1 is 1.24 bits per heavy atom. The number of rotatable bonds is 2. The maximum Gasteiger partial charge on any atom is 0.407 e. The molecule has 1 aliphatic carbocycles. The van der Waals surface area contributed by atoms with Crippen LogP contribution in [0.5, 0.6) is 0 Å². The predicted octanol–water partition coefficient (Wildman–Crippen LogP) is 1.38. The van der Waals surface area contributed by atoms with Crippen LogP contribution in [0.2, 0.25) is 0 Å². The minimum atomic E-state index is -1.24. The molecule has 0 bridgehead atoms. The number of amides is 1. The van der Waals surface area contributed by atoms with Crippen LogP contribution in [-0.4, -0.2) is 34.2 Å². The highest BCUT2D eigenvalue weighted by molar-refractivity contribution is 5.68. The average molecular weight is 245 g/mol. The molecule has 3 N–H and O–H groups in total. The van der Waals surface area contributed by atoms with Crippen molar-refractivity contribution in [1.29, 1.82) is 0 Å². The number of hydrogen-bond acceptors (Lipinski definition) is 4. The Bertz CT molecular complexity index is 252. The van der Waals surface area contributed by atoms with Gasteiger partial charge in [-0.25, -0.2) is 4.79 Å². The van der Waals surface area contributed by atoms with Crippen molar-refractivity contribution in [2.45, 2.75) is 64.4 Å². The number of nitrogens with one attached hydrogen (secondary N) is 1. The van der Waals surface area contributed by atoms with Gasteiger partial charge in [0.2, 0.25) is 0 Å². The lowest BCUT2D eigenvalue weighted by Crippen LogP contribution is -2.42. The van der Waals surface area contributed by atoms with Gasteiger partial charge in [0.05, 0.1) is 0 Å². The van der Waals surface area contributed by atoms with Crippen molar-refractivity contribution in [3.05, 3.63) is 0 Å². The van der Waals surface area contributed by atoms with Crippen LogP contribution in [0.4, 0.5) is 4.79 Å². The second kappa shape index (κ2) is 5.69. The highest BCUT2D eigenvalue weighted by Crippen LogP contribution is 2.26. The van der Waals surface area contributed by atoms with Crippen LogP contribution < -0.4 is 5.32 Å². The fraction of sp³-hybridized carbons (Fsp3) is 0.917. The highest BCUT2D eigenvalue weighted by Gasteiger charge is 2.27. The fourth-order valence-electron chi connectivity index (χ4n) is 2.04. The molecule has 0 heterocycles. The largest absolute Gasteiger partial charge is 0.444 e. The second-order valence-electron chi connectivity index (χ2n) is 5.67. The molecule has 100 valence electrons. The number of ether oxygens (including phenoxy) is 1. The first-order valence-electron chi connectivity index (χ1n) is 6.13. The van der Waals surface area contributed by atoms with Gasteiger partial charge >= 0.3 is 6.09 Å². The van der Waals surface area contributed by atoms with E-state index in [0.29, 0.717) is 0 Å². The Morgan fingerprint density at radius 3 is 2.18 bits per heavy atom. The van der Waals surface area contributed by atoms with E-state index in [-0.39, 0.29) is 12.0 Å². The summed E-state index contributed by atoms with van der Waals surface area (Å²) < 4.78 is 5.17. The Kier molecular flexibility index (Phi) is 4.77. The summed E-state index contributed by atoms with van der Waals surface area (Å²) in [5.74, 6) is -0.0633. The Labute approximate surface area is 102 Å². The Morgan fingerprint density at radius 2 is 1.76 bits per heavy atom. The predicted molar refractivity (Wildman–Crippen MR) is 63.3 cm³/mol. The number of alkyl carbamates (subject to hydrolysis) is 1. The van der Waals surface area contributed by atoms with Gasteiger partial charge in [-0.3, -0.25) is 0 Å². The van der Waals surface area contributed by atoms with Crippen LogP contribution >= 0.6 is 0 Å². The number of hydrogen-bond donors (Lipinski definition) is 3. The molecule has 1 rings (SSSR count). The van der Waals surface area contributed by atoms with Crippen molar-refractivity contribution in [2.75, 3.05) is 0 Å². The SMILES string of the molecule is CC(C)(C)OC(=O)NC1CCC(C(O)O)CC1. The third-order valence-electron chi connectivity index (χ3n) is 2.91. The maximum absolute atomic E-state index is 11.5. The molecule has 0 spiro atoms. The molecule has 5 nitrogen and oxygen atoms in total. The molecule has 0 radical (unpaired) electrons. The van der Waals surface area contributed by atoms with Crippen molar-refractivity contribution in [3.8, 4) is 0 Å². The molecule has 1 aliphatic rings. The molecule has 0 aromatic carbocycles. The first kappa shape index (κ1) is 14.3. The fourth-order valence-corrected chi connectivity index (χ4v) is 2.04. The Hall–Kier alpha value is -0.810. The van der Waals surface area contributed by atoms with Gasteiger partial charge in [-0.1, -0.05) is 0 Å². The van der Waals surface area contributed by atoms with E-state index in [0.717, 1.165) is 25.7 Å². The summed E-state index contributed by atoms with van der Waals surface area (Å²) in [5.41, 5.74) is -0.484. The second-order valence-corrected chi connectivity index (χ2v) is 5.67. The smallest absolute Gasteiger partial charge is 0.407 e. The van der Waals surface area contributed by atoms with E-state index in [1.54, 1.807) is 0 Å². The van der Waals surface area contributed by atoms with Gasteiger partial charge in [0.1, 0.15) is 5.60 Å². The number of aliphatic hydroxyl groups excluding tert-OH is 1. The topological polar surface area (TPSA) is 78.8 Å². The molecule has 0 aliphatic heterocycles. The zero-order valence-electron chi connectivity index (χ0n) is 10.8. The van der Waals surface area contributed by atoms with Gasteiger partial charge < -0.3 is 20.3 Å². The zero-order valence-corrected chi connectivity index (χ0v) is 10.8. The quantitative estimate of drug-likeness (QED) is 0.642. The molecule has 5 heteroatoms. The first-order chi connectivity index (χ1) is 7.78. The molecular formula is C12H23NO4. The van der Waals surface area contributed by atoms with Gasteiger partial charge in [-0.05, 0) is 46.5 Å². The Balaban J connectivity index is 2.29. The van der Waals surface area contributed by atoms with E-state index in [1.807, 2.05) is 20.8 Å². The summed E-state index contributed by atoms with van der Waals surface area (Å²) in [6.45, 7) is 5.47. The molecule has 1 saturated carbocycles. The van der Waals surface area contributed by atoms with Gasteiger partial charge in [0, 0.05) is 12.0 Å². The zero-order chi connectivity index (χ0) is 13.1. The lowest BCUT2D eigenvalue weighted by atomic mass is 9.86. The summed E-state index contributed by atoms with van der Waals surface area (Å²) in [6, 6.07) is 0.0832. The molecule has 0 aromatic heterocycles. The number of carbonyl (C=O) groups is 1. The molecule has 1 amide bonds. The van der Waals surface area contributed by atoms with E-state index >= 15 is 0 Å². The van der Waals surface area contributed by atoms with Crippen LogP contribution in [0.3, 0.4) is 0 Å². The van der Waals surface area contributed by atoms with Crippen molar-refractivity contribution in [3.63, 3.8) is 0 Å². The summed E-state index contributed by atoms with van der Waals surface area (Å²) in [7, 11) is 0. The normalized spacial score (nSPS) is 25.8. The minimum absolute atomic E-state index is 0.0633.